The molecule has 0 spiro atoms. The van der Waals surface area contributed by atoms with Crippen LogP contribution in [-0.4, -0.2) is 82.2 Å². The number of carboxylic acid groups (broad SMARTS) is 1. The molecule has 0 aromatic heterocycles. The topological polar surface area (TPSA) is 221 Å². The third-order valence-corrected chi connectivity index (χ3v) is 9.28. The van der Waals surface area contributed by atoms with Gasteiger partial charge in [-0.15, -0.1) is 0 Å². The van der Waals surface area contributed by atoms with E-state index in [1.807, 2.05) is 36.4 Å². The maximum Gasteiger partial charge on any atom is 0.408 e. The van der Waals surface area contributed by atoms with Crippen LogP contribution in [0.25, 0.3) is 0 Å². The van der Waals surface area contributed by atoms with Crippen molar-refractivity contribution in [2.45, 2.75) is 110 Å². The Labute approximate surface area is 339 Å². The molecular weight excluding hydrogens is 746 g/mol. The van der Waals surface area contributed by atoms with Crippen molar-refractivity contribution in [3.63, 3.8) is 0 Å². The number of ether oxygens (including phenoxy) is 2. The van der Waals surface area contributed by atoms with E-state index in [1.165, 1.54) is 13.8 Å². The number of hydrogen-bond acceptors (Lipinski definition) is 9. The summed E-state index contributed by atoms with van der Waals surface area (Å²) in [6.07, 6.45) is -2.26. The molecule has 0 heterocycles. The molecule has 7 N–H and O–H groups in total. The number of carbonyl (C=O) groups excluding carboxylic acids is 5. The molecule has 15 heteroatoms. The summed E-state index contributed by atoms with van der Waals surface area (Å²) in [5, 5.41) is 33.9. The number of benzene rings is 3. The maximum absolute atomic E-state index is 13.4. The van der Waals surface area contributed by atoms with Crippen molar-refractivity contribution < 1.29 is 48.5 Å². The van der Waals surface area contributed by atoms with E-state index in [0.29, 0.717) is 12.4 Å². The predicted molar refractivity (Wildman–Crippen MR) is 216 cm³/mol. The zero-order chi connectivity index (χ0) is 42.8. The summed E-state index contributed by atoms with van der Waals surface area (Å²) in [5.41, 5.74) is 2.50. The van der Waals surface area contributed by atoms with Gasteiger partial charge >= 0.3 is 12.1 Å². The molecule has 0 aliphatic rings. The van der Waals surface area contributed by atoms with E-state index < -0.39 is 77.9 Å². The molecule has 314 valence electrons. The molecule has 3 aromatic carbocycles. The summed E-state index contributed by atoms with van der Waals surface area (Å²) in [4.78, 5) is 76.4. The van der Waals surface area contributed by atoms with Gasteiger partial charge in [0.1, 0.15) is 43.1 Å². The van der Waals surface area contributed by atoms with Crippen LogP contribution in [0.3, 0.4) is 0 Å². The van der Waals surface area contributed by atoms with Crippen LogP contribution in [-0.2, 0) is 48.3 Å². The molecule has 0 fully saturated rings. The lowest BCUT2D eigenvalue weighted by Gasteiger charge is -2.27. The van der Waals surface area contributed by atoms with Crippen molar-refractivity contribution in [2.24, 2.45) is 11.8 Å². The first kappa shape index (κ1) is 46.4. The lowest BCUT2D eigenvalue weighted by molar-refractivity contribution is -0.143. The van der Waals surface area contributed by atoms with Gasteiger partial charge in [-0.25, -0.2) is 9.59 Å². The Balaban J connectivity index is 1.65. The highest BCUT2D eigenvalue weighted by atomic mass is 16.5. The number of aliphatic hydroxyl groups is 1. The van der Waals surface area contributed by atoms with E-state index in [0.717, 1.165) is 16.7 Å². The molecule has 0 saturated heterocycles. The van der Waals surface area contributed by atoms with Gasteiger partial charge in [0.15, 0.2) is 0 Å². The standard InChI is InChI=1S/C43H57N5O10/c1-26(2)37(41(53)48-38(27(3)4)42(54)55)47-36(50)22-21-35(49)34(23-30-17-19-33(20-18-30)57-24-31-13-9-7-10-14-31)46-40(52)28(5)44-39(51)29(6)45-43(56)58-25-32-15-11-8-12-16-32/h7-20,26-29,34-35,37-38,49H,21-25H2,1-6H3,(H,44,51)(H,45,56)(H,46,52)(H,47,50)(H,48,53)(H,54,55)/t28-,29-,34-,35-,37-,38-/m0/s1. The Hall–Kier alpha value is -5.96. The van der Waals surface area contributed by atoms with Gasteiger partial charge in [-0.2, -0.15) is 0 Å². The molecule has 0 unspecified atom stereocenters. The molecule has 0 aliphatic carbocycles. The average molecular weight is 804 g/mol. The van der Waals surface area contributed by atoms with Crippen molar-refractivity contribution in [1.82, 2.24) is 26.6 Å². The molecule has 5 amide bonds. The monoisotopic (exact) mass is 803 g/mol. The van der Waals surface area contributed by atoms with E-state index in [-0.39, 0.29) is 31.8 Å². The van der Waals surface area contributed by atoms with E-state index in [9.17, 15) is 39.0 Å². The van der Waals surface area contributed by atoms with E-state index in [4.69, 9.17) is 9.47 Å². The van der Waals surface area contributed by atoms with Crippen molar-refractivity contribution in [1.29, 1.82) is 0 Å². The number of carboxylic acids is 1. The van der Waals surface area contributed by atoms with Crippen LogP contribution in [0.15, 0.2) is 84.9 Å². The van der Waals surface area contributed by atoms with Crippen molar-refractivity contribution in [3.05, 3.63) is 102 Å². The molecule has 0 aliphatic heterocycles. The Morgan fingerprint density at radius 3 is 1.67 bits per heavy atom. The third-order valence-electron chi connectivity index (χ3n) is 9.28. The maximum atomic E-state index is 13.4. The number of hydrogen-bond donors (Lipinski definition) is 7. The summed E-state index contributed by atoms with van der Waals surface area (Å²) in [6, 6.07) is 20.6. The number of carbonyl (C=O) groups is 6. The fraction of sp³-hybridized carbons (Fsp3) is 0.442. The first-order valence-corrected chi connectivity index (χ1v) is 19.4. The molecule has 0 saturated carbocycles. The largest absolute Gasteiger partial charge is 0.489 e. The first-order chi connectivity index (χ1) is 27.5. The number of nitrogens with one attached hydrogen (secondary N) is 5. The highest BCUT2D eigenvalue weighted by Gasteiger charge is 2.31. The van der Waals surface area contributed by atoms with Crippen molar-refractivity contribution in [3.8, 4) is 5.75 Å². The fourth-order valence-electron chi connectivity index (χ4n) is 5.74. The Kier molecular flexibility index (Phi) is 18.7. The van der Waals surface area contributed by atoms with Crippen LogP contribution in [0.4, 0.5) is 4.79 Å². The molecule has 15 nitrogen and oxygen atoms in total. The second kappa shape index (κ2) is 23.3. The SMILES string of the molecule is CC(C)[C@H](NC(=O)[C@@H](NC(=O)CC[C@H](O)[C@H](Cc1ccc(OCc2ccccc2)cc1)NC(=O)[C@H](C)NC(=O)[C@H](C)NC(=O)OCc1ccccc1)C(C)C)C(=O)O. The predicted octanol–water partition coefficient (Wildman–Crippen LogP) is 3.62. The lowest BCUT2D eigenvalue weighted by atomic mass is 9.97. The second-order valence-electron chi connectivity index (χ2n) is 14.9. The van der Waals surface area contributed by atoms with Crippen molar-refractivity contribution in [2.75, 3.05) is 0 Å². The molecule has 0 bridgehead atoms. The number of aliphatic carboxylic acids is 1. The second-order valence-corrected chi connectivity index (χ2v) is 14.9. The van der Waals surface area contributed by atoms with Gasteiger partial charge in [-0.3, -0.25) is 19.2 Å². The Morgan fingerprint density at radius 2 is 1.12 bits per heavy atom. The summed E-state index contributed by atoms with van der Waals surface area (Å²) >= 11 is 0. The summed E-state index contributed by atoms with van der Waals surface area (Å²) in [5.74, 6) is -3.83. The zero-order valence-electron chi connectivity index (χ0n) is 33.9. The minimum Gasteiger partial charge on any atom is -0.489 e. The van der Waals surface area contributed by atoms with Gasteiger partial charge in [0.05, 0.1) is 12.1 Å². The fourth-order valence-corrected chi connectivity index (χ4v) is 5.74. The smallest absolute Gasteiger partial charge is 0.408 e. The Morgan fingerprint density at radius 1 is 0.586 bits per heavy atom. The number of aliphatic hydroxyl groups excluding tert-OH is 1. The lowest BCUT2D eigenvalue weighted by Crippen LogP contribution is -2.55. The number of alkyl carbamates (subject to hydrolysis) is 1. The van der Waals surface area contributed by atoms with Crippen LogP contribution in [0, 0.1) is 11.8 Å². The summed E-state index contributed by atoms with van der Waals surface area (Å²) in [7, 11) is 0. The normalized spacial score (nSPS) is 14.2. The Bertz CT molecular complexity index is 1790. The van der Waals surface area contributed by atoms with Crippen LogP contribution >= 0.6 is 0 Å². The van der Waals surface area contributed by atoms with Gasteiger partial charge in [-0.1, -0.05) is 100 Å². The van der Waals surface area contributed by atoms with Gasteiger partial charge in [0.25, 0.3) is 0 Å². The summed E-state index contributed by atoms with van der Waals surface area (Å²) in [6.45, 7) is 10.0. The third kappa shape index (κ3) is 15.9. The summed E-state index contributed by atoms with van der Waals surface area (Å²) < 4.78 is 11.1. The van der Waals surface area contributed by atoms with E-state index in [2.05, 4.69) is 26.6 Å². The zero-order valence-corrected chi connectivity index (χ0v) is 33.9. The van der Waals surface area contributed by atoms with Crippen molar-refractivity contribution >= 4 is 35.7 Å². The van der Waals surface area contributed by atoms with E-state index in [1.54, 1.807) is 76.2 Å². The highest BCUT2D eigenvalue weighted by molar-refractivity contribution is 5.91. The van der Waals surface area contributed by atoms with Crippen LogP contribution in [0.5, 0.6) is 5.75 Å². The minimum atomic E-state index is -1.25. The first-order valence-electron chi connectivity index (χ1n) is 19.4. The molecule has 3 aromatic rings. The van der Waals surface area contributed by atoms with Crippen LogP contribution in [0.1, 0.15) is 71.1 Å². The van der Waals surface area contributed by atoms with Gasteiger partial charge in [0, 0.05) is 6.42 Å². The molecular formula is C43H57N5O10. The average Bonchev–Trinajstić information content (AvgIpc) is 3.19. The van der Waals surface area contributed by atoms with Gasteiger partial charge in [-0.05, 0) is 67.3 Å². The van der Waals surface area contributed by atoms with Crippen LogP contribution < -0.4 is 31.3 Å². The quantitative estimate of drug-likeness (QED) is 0.0782. The molecule has 0 radical (unpaired) electrons. The molecule has 3 rings (SSSR count). The molecule has 58 heavy (non-hydrogen) atoms. The highest BCUT2D eigenvalue weighted by Crippen LogP contribution is 2.18. The number of amides is 5. The minimum absolute atomic E-state index is 0.00772. The van der Waals surface area contributed by atoms with Crippen LogP contribution in [0.2, 0.25) is 0 Å². The van der Waals surface area contributed by atoms with Gasteiger partial charge in [0.2, 0.25) is 23.6 Å². The molecule has 6 atom stereocenters. The van der Waals surface area contributed by atoms with Gasteiger partial charge < -0.3 is 46.3 Å². The van der Waals surface area contributed by atoms with E-state index >= 15 is 0 Å². The number of rotatable bonds is 22.